The molecule has 0 spiro atoms. The normalized spacial score (nSPS) is 22.6. The number of ether oxygens (including phenoxy) is 1. The molecule has 0 aromatic carbocycles. The van der Waals surface area contributed by atoms with Crippen molar-refractivity contribution in [2.45, 2.75) is 19.3 Å². The van der Waals surface area contributed by atoms with Crippen molar-refractivity contribution in [3.8, 4) is 0 Å². The summed E-state index contributed by atoms with van der Waals surface area (Å²) in [4.78, 5) is 26.1. The van der Waals surface area contributed by atoms with Crippen molar-refractivity contribution in [3.63, 3.8) is 0 Å². The maximum Gasteiger partial charge on any atom is 0.319 e. The summed E-state index contributed by atoms with van der Waals surface area (Å²) in [6.45, 7) is 2.76. The summed E-state index contributed by atoms with van der Waals surface area (Å²) in [5.41, 5.74) is 0. The molecule has 6 nitrogen and oxygen atoms in total. The van der Waals surface area contributed by atoms with Crippen LogP contribution in [0.3, 0.4) is 0 Å². The van der Waals surface area contributed by atoms with E-state index >= 15 is 0 Å². The maximum atomic E-state index is 12.1. The Labute approximate surface area is 113 Å². The molecule has 108 valence electrons. The van der Waals surface area contributed by atoms with E-state index in [1.54, 1.807) is 16.8 Å². The average Bonchev–Trinajstić information content (AvgIpc) is 3.06. The highest BCUT2D eigenvalue weighted by molar-refractivity contribution is 5.77. The van der Waals surface area contributed by atoms with E-state index in [9.17, 15) is 9.59 Å². The van der Waals surface area contributed by atoms with Gasteiger partial charge in [-0.15, -0.1) is 0 Å². The second-order valence-electron chi connectivity index (χ2n) is 5.49. The summed E-state index contributed by atoms with van der Waals surface area (Å²) in [6, 6.07) is -0.0984. The first-order valence-electron chi connectivity index (χ1n) is 6.88. The molecule has 1 aliphatic heterocycles. The van der Waals surface area contributed by atoms with Crippen molar-refractivity contribution in [2.75, 3.05) is 39.9 Å². The monoisotopic (exact) mass is 270 g/mol. The molecule has 0 aromatic rings. The van der Waals surface area contributed by atoms with Gasteiger partial charge in [-0.2, -0.15) is 0 Å². The second kappa shape index (κ2) is 6.23. The number of amides is 2. The smallest absolute Gasteiger partial charge is 0.319 e. The van der Waals surface area contributed by atoms with E-state index in [1.807, 2.05) is 0 Å². The molecule has 1 unspecified atom stereocenters. The Kier molecular flexibility index (Phi) is 4.63. The number of likely N-dealkylation sites (tertiary alicyclic amines) is 1. The van der Waals surface area contributed by atoms with Gasteiger partial charge in [0.1, 0.15) is 0 Å². The lowest BCUT2D eigenvalue weighted by Crippen LogP contribution is -2.41. The minimum atomic E-state index is -0.814. The van der Waals surface area contributed by atoms with Crippen LogP contribution in [0.4, 0.5) is 4.79 Å². The van der Waals surface area contributed by atoms with E-state index in [4.69, 9.17) is 9.84 Å². The topological polar surface area (TPSA) is 70.1 Å². The highest BCUT2D eigenvalue weighted by Crippen LogP contribution is 2.28. The van der Waals surface area contributed by atoms with Crippen molar-refractivity contribution >= 4 is 12.0 Å². The van der Waals surface area contributed by atoms with Gasteiger partial charge in [0.2, 0.25) is 0 Å². The molecule has 1 saturated carbocycles. The Hall–Kier alpha value is -1.30. The molecule has 1 saturated heterocycles. The molecule has 19 heavy (non-hydrogen) atoms. The Morgan fingerprint density at radius 3 is 2.68 bits per heavy atom. The first-order chi connectivity index (χ1) is 9.08. The van der Waals surface area contributed by atoms with Crippen LogP contribution < -0.4 is 0 Å². The number of likely N-dealkylation sites (N-methyl/N-ethyl adjacent to an activating group) is 1. The van der Waals surface area contributed by atoms with Crippen LogP contribution in [0.2, 0.25) is 0 Å². The quantitative estimate of drug-likeness (QED) is 0.727. The van der Waals surface area contributed by atoms with Crippen molar-refractivity contribution < 1.29 is 19.4 Å². The van der Waals surface area contributed by atoms with Gasteiger partial charge in [0.25, 0.3) is 0 Å². The standard InChI is InChI=1S/C13H22N2O4/c1-14(6-7-19-9-10-2-3-10)13(18)15-5-4-11(8-15)12(16)17/h10-11H,2-9H2,1H3,(H,16,17). The lowest BCUT2D eigenvalue weighted by Gasteiger charge is -2.24. The molecule has 1 N–H and O–H groups in total. The van der Waals surface area contributed by atoms with E-state index < -0.39 is 11.9 Å². The van der Waals surface area contributed by atoms with Crippen LogP contribution in [0.25, 0.3) is 0 Å². The fraction of sp³-hybridized carbons (Fsp3) is 0.846. The van der Waals surface area contributed by atoms with Gasteiger partial charge < -0.3 is 19.6 Å². The molecule has 2 fully saturated rings. The summed E-state index contributed by atoms with van der Waals surface area (Å²) >= 11 is 0. The summed E-state index contributed by atoms with van der Waals surface area (Å²) < 4.78 is 5.49. The molecule has 2 aliphatic rings. The molecule has 0 bridgehead atoms. The number of urea groups is 1. The third kappa shape index (κ3) is 4.09. The van der Waals surface area contributed by atoms with Crippen molar-refractivity contribution in [1.29, 1.82) is 0 Å². The second-order valence-corrected chi connectivity index (χ2v) is 5.49. The molecular weight excluding hydrogens is 248 g/mol. The molecule has 1 aliphatic carbocycles. The van der Waals surface area contributed by atoms with Crippen LogP contribution in [0, 0.1) is 11.8 Å². The number of carboxylic acid groups (broad SMARTS) is 1. The number of hydrogen-bond donors (Lipinski definition) is 1. The zero-order valence-corrected chi connectivity index (χ0v) is 11.4. The molecule has 0 aromatic heterocycles. The van der Waals surface area contributed by atoms with Crippen LogP contribution in [-0.4, -0.2) is 66.8 Å². The van der Waals surface area contributed by atoms with Gasteiger partial charge in [-0.25, -0.2) is 4.79 Å². The molecule has 1 heterocycles. The molecule has 1 atom stereocenters. The average molecular weight is 270 g/mol. The van der Waals surface area contributed by atoms with Gasteiger partial charge in [-0.3, -0.25) is 4.79 Å². The van der Waals surface area contributed by atoms with Gasteiger partial charge in [0.05, 0.1) is 12.5 Å². The molecular formula is C13H22N2O4. The number of nitrogens with zero attached hydrogens (tertiary/aromatic N) is 2. The van der Waals surface area contributed by atoms with Crippen LogP contribution in [0.1, 0.15) is 19.3 Å². The largest absolute Gasteiger partial charge is 0.481 e. The summed E-state index contributed by atoms with van der Waals surface area (Å²) in [6.07, 6.45) is 3.07. The SMILES string of the molecule is CN(CCOCC1CC1)C(=O)N1CCC(C(=O)O)C1. The molecule has 0 radical (unpaired) electrons. The van der Waals surface area contributed by atoms with Crippen LogP contribution in [0.15, 0.2) is 0 Å². The number of carboxylic acids is 1. The van der Waals surface area contributed by atoms with Crippen LogP contribution >= 0.6 is 0 Å². The van der Waals surface area contributed by atoms with E-state index in [0.29, 0.717) is 32.7 Å². The number of rotatable bonds is 6. The van der Waals surface area contributed by atoms with Crippen LogP contribution in [-0.2, 0) is 9.53 Å². The summed E-state index contributed by atoms with van der Waals surface area (Å²) in [5, 5.41) is 8.91. The summed E-state index contributed by atoms with van der Waals surface area (Å²) in [5.74, 6) is -0.495. The molecule has 6 heteroatoms. The Morgan fingerprint density at radius 2 is 2.11 bits per heavy atom. The predicted octanol–water partition coefficient (Wildman–Crippen LogP) is 0.871. The minimum Gasteiger partial charge on any atom is -0.481 e. The third-order valence-corrected chi connectivity index (χ3v) is 3.76. The van der Waals surface area contributed by atoms with Crippen molar-refractivity contribution in [1.82, 2.24) is 9.80 Å². The lowest BCUT2D eigenvalue weighted by atomic mass is 10.1. The Bertz CT molecular complexity index is 344. The van der Waals surface area contributed by atoms with Gasteiger partial charge in [0, 0.05) is 33.3 Å². The Morgan fingerprint density at radius 1 is 1.37 bits per heavy atom. The molecule has 2 rings (SSSR count). The zero-order valence-electron chi connectivity index (χ0n) is 11.4. The Balaban J connectivity index is 1.65. The fourth-order valence-corrected chi connectivity index (χ4v) is 2.21. The highest BCUT2D eigenvalue weighted by Gasteiger charge is 2.32. The van der Waals surface area contributed by atoms with Crippen molar-refractivity contribution in [3.05, 3.63) is 0 Å². The zero-order chi connectivity index (χ0) is 13.8. The van der Waals surface area contributed by atoms with Gasteiger partial charge >= 0.3 is 12.0 Å². The van der Waals surface area contributed by atoms with E-state index in [1.165, 1.54) is 12.8 Å². The maximum absolute atomic E-state index is 12.1. The third-order valence-electron chi connectivity index (χ3n) is 3.76. The van der Waals surface area contributed by atoms with Gasteiger partial charge in [-0.1, -0.05) is 0 Å². The lowest BCUT2D eigenvalue weighted by molar-refractivity contribution is -0.141. The first kappa shape index (κ1) is 14.1. The predicted molar refractivity (Wildman–Crippen MR) is 68.9 cm³/mol. The minimum absolute atomic E-state index is 0.0984. The van der Waals surface area contributed by atoms with E-state index in [2.05, 4.69) is 0 Å². The number of carbonyl (C=O) groups excluding carboxylic acids is 1. The summed E-state index contributed by atoms with van der Waals surface area (Å²) in [7, 11) is 1.73. The fourth-order valence-electron chi connectivity index (χ4n) is 2.21. The number of carbonyl (C=O) groups is 2. The number of hydrogen-bond acceptors (Lipinski definition) is 3. The van der Waals surface area contributed by atoms with E-state index in [0.717, 1.165) is 12.5 Å². The first-order valence-corrected chi connectivity index (χ1v) is 6.88. The van der Waals surface area contributed by atoms with Gasteiger partial charge in [-0.05, 0) is 25.2 Å². The van der Waals surface area contributed by atoms with Gasteiger partial charge in [0.15, 0.2) is 0 Å². The van der Waals surface area contributed by atoms with Crippen LogP contribution in [0.5, 0.6) is 0 Å². The molecule has 2 amide bonds. The number of aliphatic carboxylic acids is 1. The van der Waals surface area contributed by atoms with Crippen molar-refractivity contribution in [2.24, 2.45) is 11.8 Å². The van der Waals surface area contributed by atoms with E-state index in [-0.39, 0.29) is 6.03 Å². The highest BCUT2D eigenvalue weighted by atomic mass is 16.5.